The largest absolute Gasteiger partial charge is 0.379 e. The summed E-state index contributed by atoms with van der Waals surface area (Å²) in [5.74, 6) is 0. The van der Waals surface area contributed by atoms with Gasteiger partial charge in [0.1, 0.15) is 5.54 Å². The number of ether oxygens (including phenoxy) is 1. The fraction of sp³-hybridized carbons (Fsp3) is 0.917. The second-order valence-corrected chi connectivity index (χ2v) is 4.65. The first-order valence-corrected chi connectivity index (χ1v) is 5.92. The lowest BCUT2D eigenvalue weighted by Gasteiger charge is -2.36. The fourth-order valence-electron chi connectivity index (χ4n) is 2.33. The highest BCUT2D eigenvalue weighted by atomic mass is 16.5. The van der Waals surface area contributed by atoms with Gasteiger partial charge in [0.05, 0.1) is 12.2 Å². The van der Waals surface area contributed by atoms with E-state index in [1.165, 1.54) is 0 Å². The van der Waals surface area contributed by atoms with Crippen LogP contribution in [-0.4, -0.2) is 24.3 Å². The first kappa shape index (κ1) is 12.5. The minimum Gasteiger partial charge on any atom is -0.379 e. The lowest BCUT2D eigenvalue weighted by Crippen LogP contribution is -2.50. The van der Waals surface area contributed by atoms with Crippen molar-refractivity contribution in [2.45, 2.75) is 64.1 Å². The minimum absolute atomic E-state index is 0.304. The zero-order valence-electron chi connectivity index (χ0n) is 10.0. The lowest BCUT2D eigenvalue weighted by atomic mass is 9.81. The first-order valence-electron chi connectivity index (χ1n) is 5.92. The van der Waals surface area contributed by atoms with Crippen LogP contribution in [-0.2, 0) is 4.74 Å². The Morgan fingerprint density at radius 1 is 1.47 bits per heavy atom. The molecule has 1 aliphatic carbocycles. The third-order valence-electron chi connectivity index (χ3n) is 2.97. The van der Waals surface area contributed by atoms with E-state index in [0.29, 0.717) is 12.1 Å². The van der Waals surface area contributed by atoms with Crippen molar-refractivity contribution in [2.24, 2.45) is 0 Å². The molecule has 3 nitrogen and oxygen atoms in total. The molecule has 3 heteroatoms. The molecule has 0 aromatic rings. The van der Waals surface area contributed by atoms with Gasteiger partial charge in [0.2, 0.25) is 0 Å². The van der Waals surface area contributed by atoms with Crippen LogP contribution in [0.5, 0.6) is 0 Å². The number of nitriles is 1. The van der Waals surface area contributed by atoms with Crippen molar-refractivity contribution < 1.29 is 4.74 Å². The highest BCUT2D eigenvalue weighted by Gasteiger charge is 2.35. The maximum absolute atomic E-state index is 9.25. The zero-order chi connectivity index (χ0) is 11.3. The summed E-state index contributed by atoms with van der Waals surface area (Å²) in [6.07, 6.45) is 4.19. The van der Waals surface area contributed by atoms with Crippen LogP contribution in [0.4, 0.5) is 0 Å². The molecule has 0 atom stereocenters. The average molecular weight is 210 g/mol. The number of nitrogens with zero attached hydrogens (tertiary/aromatic N) is 1. The summed E-state index contributed by atoms with van der Waals surface area (Å²) in [4.78, 5) is 0. The standard InChI is InChI=1S/C12H22N2O/c1-4-15-11-5-7-12(9-13,8-6-11)14-10(2)3/h10-11,14H,4-8H2,1-3H3. The van der Waals surface area contributed by atoms with E-state index < -0.39 is 0 Å². The highest BCUT2D eigenvalue weighted by molar-refractivity contribution is 5.10. The summed E-state index contributed by atoms with van der Waals surface area (Å²) in [5, 5.41) is 12.6. The van der Waals surface area contributed by atoms with E-state index in [2.05, 4.69) is 25.2 Å². The molecule has 0 heterocycles. The van der Waals surface area contributed by atoms with Crippen molar-refractivity contribution in [3.05, 3.63) is 0 Å². The van der Waals surface area contributed by atoms with Crippen molar-refractivity contribution in [1.82, 2.24) is 5.32 Å². The SMILES string of the molecule is CCOC1CCC(C#N)(NC(C)C)CC1. The molecule has 1 saturated carbocycles. The monoisotopic (exact) mass is 210 g/mol. The molecule has 1 fully saturated rings. The van der Waals surface area contributed by atoms with Crippen LogP contribution >= 0.6 is 0 Å². The van der Waals surface area contributed by atoms with Gasteiger partial charge < -0.3 is 4.74 Å². The Morgan fingerprint density at radius 2 is 2.07 bits per heavy atom. The van der Waals surface area contributed by atoms with Gasteiger partial charge in [-0.1, -0.05) is 0 Å². The summed E-state index contributed by atoms with van der Waals surface area (Å²) in [6.45, 7) is 6.99. The Bertz CT molecular complexity index is 224. The second kappa shape index (κ2) is 5.48. The highest BCUT2D eigenvalue weighted by Crippen LogP contribution is 2.29. The van der Waals surface area contributed by atoms with E-state index >= 15 is 0 Å². The van der Waals surface area contributed by atoms with Crippen LogP contribution in [0.15, 0.2) is 0 Å². The summed E-state index contributed by atoms with van der Waals surface area (Å²) in [6, 6.07) is 2.81. The Morgan fingerprint density at radius 3 is 2.47 bits per heavy atom. The topological polar surface area (TPSA) is 45.0 Å². The van der Waals surface area contributed by atoms with Gasteiger partial charge >= 0.3 is 0 Å². The summed E-state index contributed by atoms with van der Waals surface area (Å²) < 4.78 is 5.59. The molecule has 0 amide bonds. The molecular formula is C12H22N2O. The number of nitrogens with one attached hydrogen (secondary N) is 1. The Kier molecular flexibility index (Phi) is 4.56. The predicted molar refractivity (Wildman–Crippen MR) is 60.5 cm³/mol. The first-order chi connectivity index (χ1) is 7.12. The number of rotatable bonds is 4. The van der Waals surface area contributed by atoms with Crippen molar-refractivity contribution in [2.75, 3.05) is 6.61 Å². The molecule has 0 bridgehead atoms. The smallest absolute Gasteiger partial charge is 0.107 e. The van der Waals surface area contributed by atoms with Crippen LogP contribution in [0.2, 0.25) is 0 Å². The number of hydrogen-bond donors (Lipinski definition) is 1. The quantitative estimate of drug-likeness (QED) is 0.774. The molecule has 0 saturated heterocycles. The maximum Gasteiger partial charge on any atom is 0.107 e. The normalized spacial score (nSPS) is 31.5. The van der Waals surface area contributed by atoms with Crippen LogP contribution in [0, 0.1) is 11.3 Å². The van der Waals surface area contributed by atoms with Gasteiger partial charge in [-0.25, -0.2) is 0 Å². The van der Waals surface area contributed by atoms with Crippen LogP contribution in [0.1, 0.15) is 46.5 Å². The molecule has 1 rings (SSSR count). The summed E-state index contributed by atoms with van der Waals surface area (Å²) >= 11 is 0. The van der Waals surface area contributed by atoms with E-state index in [4.69, 9.17) is 4.74 Å². The number of hydrogen-bond acceptors (Lipinski definition) is 3. The van der Waals surface area contributed by atoms with Crippen molar-refractivity contribution >= 4 is 0 Å². The molecular weight excluding hydrogens is 188 g/mol. The third-order valence-corrected chi connectivity index (χ3v) is 2.97. The minimum atomic E-state index is -0.304. The van der Waals surface area contributed by atoms with Gasteiger partial charge in [0, 0.05) is 12.6 Å². The third kappa shape index (κ3) is 3.48. The molecule has 0 spiro atoms. The van der Waals surface area contributed by atoms with Crippen molar-refractivity contribution in [1.29, 1.82) is 5.26 Å². The van der Waals surface area contributed by atoms with Gasteiger partial charge in [-0.2, -0.15) is 5.26 Å². The summed E-state index contributed by atoms with van der Waals surface area (Å²) in [7, 11) is 0. The molecule has 0 aromatic carbocycles. The fourth-order valence-corrected chi connectivity index (χ4v) is 2.33. The van der Waals surface area contributed by atoms with Gasteiger partial charge in [-0.15, -0.1) is 0 Å². The molecule has 1 aliphatic rings. The average Bonchev–Trinajstić information content (AvgIpc) is 2.21. The molecule has 0 unspecified atom stereocenters. The van der Waals surface area contributed by atoms with Crippen LogP contribution in [0.25, 0.3) is 0 Å². The Hall–Kier alpha value is -0.590. The van der Waals surface area contributed by atoms with Gasteiger partial charge in [0.15, 0.2) is 0 Å². The van der Waals surface area contributed by atoms with Crippen molar-refractivity contribution in [3.63, 3.8) is 0 Å². The molecule has 86 valence electrons. The van der Waals surface area contributed by atoms with Gasteiger partial charge in [0.25, 0.3) is 0 Å². The Balaban J connectivity index is 2.48. The van der Waals surface area contributed by atoms with Gasteiger partial charge in [-0.3, -0.25) is 5.32 Å². The zero-order valence-corrected chi connectivity index (χ0v) is 10.0. The second-order valence-electron chi connectivity index (χ2n) is 4.65. The van der Waals surface area contributed by atoms with E-state index in [9.17, 15) is 5.26 Å². The van der Waals surface area contributed by atoms with E-state index in [0.717, 1.165) is 32.3 Å². The molecule has 0 aliphatic heterocycles. The predicted octanol–water partition coefficient (Wildman–Crippen LogP) is 2.23. The van der Waals surface area contributed by atoms with E-state index in [-0.39, 0.29) is 5.54 Å². The molecule has 0 aromatic heterocycles. The molecule has 0 radical (unpaired) electrons. The maximum atomic E-state index is 9.25. The van der Waals surface area contributed by atoms with Crippen molar-refractivity contribution in [3.8, 4) is 6.07 Å². The Labute approximate surface area is 92.8 Å². The van der Waals surface area contributed by atoms with E-state index in [1.54, 1.807) is 0 Å². The summed E-state index contributed by atoms with van der Waals surface area (Å²) in [5.41, 5.74) is -0.304. The lowest BCUT2D eigenvalue weighted by molar-refractivity contribution is 0.0216. The van der Waals surface area contributed by atoms with Crippen LogP contribution < -0.4 is 5.32 Å². The van der Waals surface area contributed by atoms with Crippen LogP contribution in [0.3, 0.4) is 0 Å². The molecule has 15 heavy (non-hydrogen) atoms. The van der Waals surface area contributed by atoms with E-state index in [1.807, 2.05) is 6.92 Å². The van der Waals surface area contributed by atoms with Gasteiger partial charge in [-0.05, 0) is 46.5 Å². The molecule has 1 N–H and O–H groups in total.